The molecule has 1 N–H and O–H groups in total. The molecule has 0 aliphatic heterocycles. The SMILES string of the molecule is C/C=C/CS(=O)(=O)N[C@H](C)c1ccc(F)c(OCC2CC2)c1. The smallest absolute Gasteiger partial charge is 0.215 e. The zero-order valence-electron chi connectivity index (χ0n) is 12.9. The van der Waals surface area contributed by atoms with Crippen LogP contribution in [-0.2, 0) is 10.0 Å². The summed E-state index contributed by atoms with van der Waals surface area (Å²) in [5, 5.41) is 0. The molecule has 0 saturated heterocycles. The predicted octanol–water partition coefficient (Wildman–Crippen LogP) is 3.17. The molecule has 0 aromatic heterocycles. The van der Waals surface area contributed by atoms with Gasteiger partial charge >= 0.3 is 0 Å². The van der Waals surface area contributed by atoms with Crippen LogP contribution in [0.2, 0.25) is 0 Å². The summed E-state index contributed by atoms with van der Waals surface area (Å²) in [7, 11) is -3.40. The van der Waals surface area contributed by atoms with Crippen LogP contribution in [0, 0.1) is 11.7 Å². The van der Waals surface area contributed by atoms with Gasteiger partial charge in [-0.1, -0.05) is 18.2 Å². The lowest BCUT2D eigenvalue weighted by Gasteiger charge is -2.15. The van der Waals surface area contributed by atoms with Gasteiger partial charge in [-0.3, -0.25) is 0 Å². The molecular formula is C16H22FNO3S. The highest BCUT2D eigenvalue weighted by atomic mass is 32.2. The topological polar surface area (TPSA) is 55.4 Å². The standard InChI is InChI=1S/C16H22FNO3S/c1-3-4-9-22(19,20)18-12(2)14-7-8-15(17)16(10-14)21-11-13-5-6-13/h3-4,7-8,10,12-13,18H,5-6,9,11H2,1-2H3/b4-3+/t12-/m1/s1. The third-order valence-electron chi connectivity index (χ3n) is 3.53. The Kier molecular flexibility index (Phi) is 5.58. The van der Waals surface area contributed by atoms with E-state index >= 15 is 0 Å². The first kappa shape index (κ1) is 17.0. The summed E-state index contributed by atoms with van der Waals surface area (Å²) in [6.07, 6.45) is 5.51. The van der Waals surface area contributed by atoms with E-state index < -0.39 is 21.9 Å². The van der Waals surface area contributed by atoms with E-state index in [-0.39, 0.29) is 11.5 Å². The molecule has 6 heteroatoms. The maximum atomic E-state index is 13.7. The minimum Gasteiger partial charge on any atom is -0.490 e. The molecule has 4 nitrogen and oxygen atoms in total. The normalized spacial score (nSPS) is 16.9. The summed E-state index contributed by atoms with van der Waals surface area (Å²) in [5.74, 6) is 0.220. The lowest BCUT2D eigenvalue weighted by Crippen LogP contribution is -2.28. The van der Waals surface area contributed by atoms with E-state index in [9.17, 15) is 12.8 Å². The van der Waals surface area contributed by atoms with E-state index in [1.165, 1.54) is 6.07 Å². The Balaban J connectivity index is 2.05. The van der Waals surface area contributed by atoms with Crippen molar-refractivity contribution in [3.05, 3.63) is 41.7 Å². The van der Waals surface area contributed by atoms with E-state index in [1.54, 1.807) is 38.1 Å². The highest BCUT2D eigenvalue weighted by Gasteiger charge is 2.23. The van der Waals surface area contributed by atoms with Crippen LogP contribution in [0.5, 0.6) is 5.75 Å². The minimum absolute atomic E-state index is 0.0694. The van der Waals surface area contributed by atoms with Gasteiger partial charge in [-0.05, 0) is 50.3 Å². The van der Waals surface area contributed by atoms with Crippen LogP contribution in [0.15, 0.2) is 30.4 Å². The average molecular weight is 327 g/mol. The zero-order chi connectivity index (χ0) is 16.2. The molecular weight excluding hydrogens is 305 g/mol. The van der Waals surface area contributed by atoms with Crippen molar-refractivity contribution in [1.29, 1.82) is 0 Å². The van der Waals surface area contributed by atoms with Gasteiger partial charge in [-0.2, -0.15) is 0 Å². The van der Waals surface area contributed by atoms with Crippen LogP contribution in [-0.4, -0.2) is 20.8 Å². The van der Waals surface area contributed by atoms with Crippen LogP contribution < -0.4 is 9.46 Å². The minimum atomic E-state index is -3.40. The first-order valence-electron chi connectivity index (χ1n) is 7.44. The molecule has 1 atom stereocenters. The Labute approximate surface area is 131 Å². The number of hydrogen-bond acceptors (Lipinski definition) is 3. The second kappa shape index (κ2) is 7.24. The van der Waals surface area contributed by atoms with Crippen molar-refractivity contribution >= 4 is 10.0 Å². The molecule has 0 amide bonds. The Morgan fingerprint density at radius 3 is 2.82 bits per heavy atom. The lowest BCUT2D eigenvalue weighted by molar-refractivity contribution is 0.285. The van der Waals surface area contributed by atoms with Crippen LogP contribution in [0.3, 0.4) is 0 Å². The van der Waals surface area contributed by atoms with Gasteiger partial charge in [0.1, 0.15) is 0 Å². The average Bonchev–Trinajstić information content (AvgIpc) is 3.28. The molecule has 1 aliphatic carbocycles. The molecule has 0 unspecified atom stereocenters. The third-order valence-corrected chi connectivity index (χ3v) is 4.88. The lowest BCUT2D eigenvalue weighted by atomic mass is 10.1. The van der Waals surface area contributed by atoms with Gasteiger partial charge in [0, 0.05) is 6.04 Å². The number of benzene rings is 1. The van der Waals surface area contributed by atoms with Gasteiger partial charge in [0.15, 0.2) is 11.6 Å². The van der Waals surface area contributed by atoms with Gasteiger partial charge in [0.25, 0.3) is 0 Å². The largest absolute Gasteiger partial charge is 0.490 e. The number of allylic oxidation sites excluding steroid dienone is 1. The number of ether oxygens (including phenoxy) is 1. The molecule has 122 valence electrons. The molecule has 1 fully saturated rings. The maximum absolute atomic E-state index is 13.7. The van der Waals surface area contributed by atoms with Crippen LogP contribution in [0.25, 0.3) is 0 Å². The molecule has 1 aromatic carbocycles. The van der Waals surface area contributed by atoms with Crippen molar-refractivity contribution in [2.75, 3.05) is 12.4 Å². The van der Waals surface area contributed by atoms with E-state index in [0.717, 1.165) is 12.8 Å². The van der Waals surface area contributed by atoms with Crippen molar-refractivity contribution in [3.8, 4) is 5.75 Å². The molecule has 22 heavy (non-hydrogen) atoms. The number of hydrogen-bond donors (Lipinski definition) is 1. The van der Waals surface area contributed by atoms with Crippen molar-refractivity contribution in [3.63, 3.8) is 0 Å². The fraction of sp³-hybridized carbons (Fsp3) is 0.500. The van der Waals surface area contributed by atoms with E-state index in [1.807, 2.05) is 0 Å². The molecule has 1 aliphatic rings. The van der Waals surface area contributed by atoms with Gasteiger partial charge < -0.3 is 4.74 Å². The van der Waals surface area contributed by atoms with E-state index in [0.29, 0.717) is 18.1 Å². The fourth-order valence-electron chi connectivity index (χ4n) is 2.00. The van der Waals surface area contributed by atoms with Gasteiger partial charge in [0.05, 0.1) is 12.4 Å². The van der Waals surface area contributed by atoms with E-state index in [2.05, 4.69) is 4.72 Å². The summed E-state index contributed by atoms with van der Waals surface area (Å²) in [5.41, 5.74) is 0.677. The van der Waals surface area contributed by atoms with Crippen LogP contribution >= 0.6 is 0 Å². The number of halogens is 1. The molecule has 2 rings (SSSR count). The number of nitrogens with one attached hydrogen (secondary N) is 1. The Hall–Kier alpha value is -1.40. The summed E-state index contributed by atoms with van der Waals surface area (Å²) >= 11 is 0. The summed E-state index contributed by atoms with van der Waals surface area (Å²) in [4.78, 5) is 0. The maximum Gasteiger partial charge on any atom is 0.215 e. The fourth-order valence-corrected chi connectivity index (χ4v) is 3.22. The second-order valence-electron chi connectivity index (χ2n) is 5.63. The molecule has 1 saturated carbocycles. The summed E-state index contributed by atoms with van der Waals surface area (Å²) in [6, 6.07) is 4.01. The van der Waals surface area contributed by atoms with Gasteiger partial charge in [-0.15, -0.1) is 0 Å². The Morgan fingerprint density at radius 2 is 2.18 bits per heavy atom. The van der Waals surface area contributed by atoms with Crippen LogP contribution in [0.1, 0.15) is 38.3 Å². The third kappa shape index (κ3) is 5.10. The van der Waals surface area contributed by atoms with Gasteiger partial charge in [0.2, 0.25) is 10.0 Å². The van der Waals surface area contributed by atoms with Gasteiger partial charge in [-0.25, -0.2) is 17.5 Å². The van der Waals surface area contributed by atoms with Crippen LogP contribution in [0.4, 0.5) is 4.39 Å². The number of rotatable bonds is 8. The molecule has 0 bridgehead atoms. The predicted molar refractivity (Wildman–Crippen MR) is 84.8 cm³/mol. The van der Waals surface area contributed by atoms with Crippen molar-refractivity contribution < 1.29 is 17.5 Å². The number of sulfonamides is 1. The quantitative estimate of drug-likeness (QED) is 0.746. The van der Waals surface area contributed by atoms with Crippen molar-refractivity contribution in [2.45, 2.75) is 32.7 Å². The van der Waals surface area contributed by atoms with Crippen molar-refractivity contribution in [1.82, 2.24) is 4.72 Å². The van der Waals surface area contributed by atoms with E-state index in [4.69, 9.17) is 4.74 Å². The summed E-state index contributed by atoms with van der Waals surface area (Å²) < 4.78 is 45.6. The highest BCUT2D eigenvalue weighted by Crippen LogP contribution is 2.31. The summed E-state index contributed by atoms with van der Waals surface area (Å²) in [6.45, 7) is 4.01. The zero-order valence-corrected chi connectivity index (χ0v) is 13.7. The molecule has 0 radical (unpaired) electrons. The monoisotopic (exact) mass is 327 g/mol. The molecule has 0 spiro atoms. The van der Waals surface area contributed by atoms with Crippen molar-refractivity contribution in [2.24, 2.45) is 5.92 Å². The molecule has 0 heterocycles. The first-order valence-corrected chi connectivity index (χ1v) is 9.10. The Morgan fingerprint density at radius 1 is 1.45 bits per heavy atom. The second-order valence-corrected chi connectivity index (χ2v) is 7.43. The molecule has 1 aromatic rings. The highest BCUT2D eigenvalue weighted by molar-refractivity contribution is 7.89. The first-order chi connectivity index (χ1) is 10.4. The Bertz CT molecular complexity index is 639.